The monoisotopic (exact) mass is 401 g/mol. The molecule has 1 atom stereocenters. The average Bonchev–Trinajstić information content (AvgIpc) is 3.49. The minimum absolute atomic E-state index is 0.314. The molecule has 6 nitrogen and oxygen atoms in total. The fourth-order valence-corrected chi connectivity index (χ4v) is 4.78. The molecule has 2 saturated heterocycles. The maximum absolute atomic E-state index is 6.24. The van der Waals surface area contributed by atoms with Crippen molar-refractivity contribution in [3.63, 3.8) is 0 Å². The second-order valence-electron chi connectivity index (χ2n) is 8.65. The largest absolute Gasteiger partial charge is 0.493 e. The van der Waals surface area contributed by atoms with Crippen molar-refractivity contribution in [2.45, 2.75) is 58.1 Å². The summed E-state index contributed by atoms with van der Waals surface area (Å²) in [7, 11) is 1.70. The first kappa shape index (κ1) is 20.3. The third-order valence-electron chi connectivity index (χ3n) is 6.49. The Morgan fingerprint density at radius 3 is 2.86 bits per heavy atom. The number of benzene rings is 1. The number of methoxy groups -OCH3 is 1. The summed E-state index contributed by atoms with van der Waals surface area (Å²) in [6, 6.07) is 6.19. The Bertz CT molecular complexity index is 709. The first-order valence-electron chi connectivity index (χ1n) is 11.2. The van der Waals surface area contributed by atoms with Crippen molar-refractivity contribution in [2.75, 3.05) is 40.0 Å². The van der Waals surface area contributed by atoms with E-state index in [1.54, 1.807) is 7.11 Å². The van der Waals surface area contributed by atoms with Crippen molar-refractivity contribution < 1.29 is 14.2 Å². The highest BCUT2D eigenvalue weighted by molar-refractivity contribution is 5.80. The minimum Gasteiger partial charge on any atom is -0.493 e. The highest BCUT2D eigenvalue weighted by Crippen LogP contribution is 2.38. The zero-order valence-corrected chi connectivity index (χ0v) is 17.9. The lowest BCUT2D eigenvalue weighted by molar-refractivity contribution is 0.156. The topological polar surface area (TPSA) is 55.3 Å². The van der Waals surface area contributed by atoms with Crippen LogP contribution in [0, 0.1) is 5.41 Å². The van der Waals surface area contributed by atoms with Crippen molar-refractivity contribution >= 4 is 5.96 Å². The zero-order chi connectivity index (χ0) is 20.1. The summed E-state index contributed by atoms with van der Waals surface area (Å²) in [4.78, 5) is 7.34. The molecule has 6 heteroatoms. The number of guanidine groups is 1. The molecule has 0 amide bonds. The number of rotatable bonds is 6. The van der Waals surface area contributed by atoms with Crippen molar-refractivity contribution in [3.05, 3.63) is 23.8 Å². The SMILES string of the molecule is CCNC(=NCc1ccc(OC)c(OC2CCCC2)c1)N1CCC2(CCOC2)C1. The molecule has 29 heavy (non-hydrogen) atoms. The van der Waals surface area contributed by atoms with E-state index >= 15 is 0 Å². The van der Waals surface area contributed by atoms with Crippen LogP contribution in [0.25, 0.3) is 0 Å². The van der Waals surface area contributed by atoms with Crippen LogP contribution in [0.4, 0.5) is 0 Å². The summed E-state index contributed by atoms with van der Waals surface area (Å²) in [5.74, 6) is 2.66. The molecule has 3 aliphatic rings. The number of nitrogens with one attached hydrogen (secondary N) is 1. The molecular formula is C23H35N3O3. The van der Waals surface area contributed by atoms with Gasteiger partial charge in [0, 0.05) is 31.7 Å². The van der Waals surface area contributed by atoms with Gasteiger partial charge in [-0.2, -0.15) is 0 Å². The molecule has 2 aliphatic heterocycles. The maximum atomic E-state index is 6.24. The van der Waals surface area contributed by atoms with E-state index in [4.69, 9.17) is 19.2 Å². The van der Waals surface area contributed by atoms with Gasteiger partial charge in [0.25, 0.3) is 0 Å². The molecule has 1 N–H and O–H groups in total. The number of hydrogen-bond donors (Lipinski definition) is 1. The first-order chi connectivity index (χ1) is 14.2. The average molecular weight is 402 g/mol. The number of aliphatic imine (C=N–C) groups is 1. The van der Waals surface area contributed by atoms with Gasteiger partial charge in [-0.05, 0) is 63.1 Å². The highest BCUT2D eigenvalue weighted by atomic mass is 16.5. The Kier molecular flexibility index (Phi) is 6.48. The summed E-state index contributed by atoms with van der Waals surface area (Å²) >= 11 is 0. The van der Waals surface area contributed by atoms with E-state index in [1.807, 2.05) is 6.07 Å². The predicted octanol–water partition coefficient (Wildman–Crippen LogP) is 3.59. The van der Waals surface area contributed by atoms with Gasteiger partial charge in [-0.3, -0.25) is 0 Å². The Morgan fingerprint density at radius 2 is 2.14 bits per heavy atom. The van der Waals surface area contributed by atoms with E-state index in [9.17, 15) is 0 Å². The summed E-state index contributed by atoms with van der Waals surface area (Å²) in [6.07, 6.45) is 7.46. The van der Waals surface area contributed by atoms with Crippen LogP contribution >= 0.6 is 0 Å². The van der Waals surface area contributed by atoms with Gasteiger partial charge in [-0.25, -0.2) is 4.99 Å². The van der Waals surface area contributed by atoms with E-state index in [0.717, 1.165) is 68.7 Å². The molecule has 160 valence electrons. The van der Waals surface area contributed by atoms with Crippen LogP contribution in [0.1, 0.15) is 51.0 Å². The molecule has 1 unspecified atom stereocenters. The molecule has 4 rings (SSSR count). The molecule has 0 aromatic heterocycles. The Hall–Kier alpha value is -1.95. The van der Waals surface area contributed by atoms with Gasteiger partial charge in [0.1, 0.15) is 0 Å². The van der Waals surface area contributed by atoms with Crippen LogP contribution in [0.2, 0.25) is 0 Å². The number of hydrogen-bond acceptors (Lipinski definition) is 4. The normalized spacial score (nSPS) is 25.2. The van der Waals surface area contributed by atoms with E-state index in [0.29, 0.717) is 18.1 Å². The second-order valence-corrected chi connectivity index (χ2v) is 8.65. The predicted molar refractivity (Wildman–Crippen MR) is 115 cm³/mol. The molecule has 1 aliphatic carbocycles. The molecule has 1 aromatic carbocycles. The maximum Gasteiger partial charge on any atom is 0.194 e. The van der Waals surface area contributed by atoms with Gasteiger partial charge >= 0.3 is 0 Å². The van der Waals surface area contributed by atoms with Gasteiger partial charge in [0.15, 0.2) is 17.5 Å². The van der Waals surface area contributed by atoms with E-state index < -0.39 is 0 Å². The number of likely N-dealkylation sites (tertiary alicyclic amines) is 1. The zero-order valence-electron chi connectivity index (χ0n) is 17.9. The van der Waals surface area contributed by atoms with Crippen molar-refractivity contribution in [2.24, 2.45) is 10.4 Å². The lowest BCUT2D eigenvalue weighted by Crippen LogP contribution is -2.41. The van der Waals surface area contributed by atoms with Gasteiger partial charge in [0.2, 0.25) is 0 Å². The third-order valence-corrected chi connectivity index (χ3v) is 6.49. The van der Waals surface area contributed by atoms with Crippen LogP contribution in [-0.2, 0) is 11.3 Å². The summed E-state index contributed by atoms with van der Waals surface area (Å²) in [6.45, 7) is 7.51. The van der Waals surface area contributed by atoms with E-state index in [-0.39, 0.29) is 0 Å². The fourth-order valence-electron chi connectivity index (χ4n) is 4.78. The molecule has 1 aromatic rings. The summed E-state index contributed by atoms with van der Waals surface area (Å²) in [5, 5.41) is 3.48. The number of ether oxygens (including phenoxy) is 3. The molecule has 1 spiro atoms. The van der Waals surface area contributed by atoms with Gasteiger partial charge in [0.05, 0.1) is 26.4 Å². The van der Waals surface area contributed by atoms with Gasteiger partial charge < -0.3 is 24.4 Å². The molecule has 0 radical (unpaired) electrons. The van der Waals surface area contributed by atoms with Crippen LogP contribution in [0.3, 0.4) is 0 Å². The van der Waals surface area contributed by atoms with Gasteiger partial charge in [-0.1, -0.05) is 6.07 Å². The molecule has 3 fully saturated rings. The first-order valence-corrected chi connectivity index (χ1v) is 11.2. The quantitative estimate of drug-likeness (QED) is 0.583. The van der Waals surface area contributed by atoms with Crippen LogP contribution in [0.5, 0.6) is 11.5 Å². The summed E-state index contributed by atoms with van der Waals surface area (Å²) < 4.78 is 17.4. The summed E-state index contributed by atoms with van der Waals surface area (Å²) in [5.41, 5.74) is 1.48. The van der Waals surface area contributed by atoms with Crippen molar-refractivity contribution in [3.8, 4) is 11.5 Å². The van der Waals surface area contributed by atoms with Crippen molar-refractivity contribution in [1.29, 1.82) is 0 Å². The smallest absolute Gasteiger partial charge is 0.194 e. The lowest BCUT2D eigenvalue weighted by Gasteiger charge is -2.25. The standard InChI is InChI=1S/C23H35N3O3/c1-3-24-22(26-12-10-23(16-26)11-13-28-17-23)25-15-18-8-9-20(27-2)21(14-18)29-19-6-4-5-7-19/h8-9,14,19H,3-7,10-13,15-17H2,1-2H3,(H,24,25). The second kappa shape index (κ2) is 9.24. The third kappa shape index (κ3) is 4.80. The van der Waals surface area contributed by atoms with E-state index in [1.165, 1.54) is 25.7 Å². The molecule has 2 heterocycles. The number of nitrogens with zero attached hydrogens (tertiary/aromatic N) is 2. The van der Waals surface area contributed by atoms with Crippen LogP contribution < -0.4 is 14.8 Å². The minimum atomic E-state index is 0.314. The Morgan fingerprint density at radius 1 is 1.28 bits per heavy atom. The Balaban J connectivity index is 1.45. The Labute approximate surface area is 174 Å². The lowest BCUT2D eigenvalue weighted by atomic mass is 9.87. The molecule has 1 saturated carbocycles. The van der Waals surface area contributed by atoms with Gasteiger partial charge in [-0.15, -0.1) is 0 Å². The van der Waals surface area contributed by atoms with Crippen LogP contribution in [0.15, 0.2) is 23.2 Å². The highest BCUT2D eigenvalue weighted by Gasteiger charge is 2.42. The molecular weight excluding hydrogens is 366 g/mol. The van der Waals surface area contributed by atoms with E-state index in [2.05, 4.69) is 29.3 Å². The van der Waals surface area contributed by atoms with Crippen LogP contribution in [-0.4, -0.2) is 56.9 Å². The fraction of sp³-hybridized carbons (Fsp3) is 0.696. The van der Waals surface area contributed by atoms with Crippen molar-refractivity contribution in [1.82, 2.24) is 10.2 Å². The molecule has 0 bridgehead atoms.